The van der Waals surface area contributed by atoms with Crippen LogP contribution in [-0.2, 0) is 6.54 Å². The van der Waals surface area contributed by atoms with E-state index in [9.17, 15) is 14.9 Å². The van der Waals surface area contributed by atoms with E-state index >= 15 is 0 Å². The fourth-order valence-corrected chi connectivity index (χ4v) is 4.08. The number of halogens is 1. The van der Waals surface area contributed by atoms with Gasteiger partial charge in [-0.1, -0.05) is 23.7 Å². The monoisotopic (exact) mass is 499 g/mol. The molecule has 2 aromatic heterocycles. The molecule has 8 nitrogen and oxygen atoms in total. The number of carbonyl (C=O) groups is 1. The van der Waals surface area contributed by atoms with E-state index in [0.717, 1.165) is 11.3 Å². The lowest BCUT2D eigenvalue weighted by Crippen LogP contribution is -2.27. The molecule has 0 aliphatic rings. The minimum absolute atomic E-state index is 0.0811. The van der Waals surface area contributed by atoms with Crippen LogP contribution in [0.25, 0.3) is 11.1 Å². The standard InChI is InChI=1S/C27H22ClN5O3/c1-15-9-26(36-25-6-4-5-19(21(25)12-29)18-7-8-31-32-13-18)23(28)11-20(15)27(35)30-14-22-17(3)33-16(2)10-24(22)34/h4-11,13H,14H2,1-3H3,(H,30,35)(H,33,34). The normalized spacial score (nSPS) is 10.5. The van der Waals surface area contributed by atoms with Gasteiger partial charge in [0.15, 0.2) is 5.43 Å². The van der Waals surface area contributed by atoms with E-state index in [4.69, 9.17) is 16.3 Å². The summed E-state index contributed by atoms with van der Waals surface area (Å²) in [6.07, 6.45) is 3.11. The molecule has 0 radical (unpaired) electrons. The van der Waals surface area contributed by atoms with Gasteiger partial charge in [-0.3, -0.25) is 9.59 Å². The third kappa shape index (κ3) is 5.11. The average molecular weight is 500 g/mol. The van der Waals surface area contributed by atoms with Crippen LogP contribution in [0.1, 0.15) is 38.4 Å². The van der Waals surface area contributed by atoms with E-state index in [1.54, 1.807) is 63.5 Å². The van der Waals surface area contributed by atoms with Gasteiger partial charge in [0, 0.05) is 46.3 Å². The Kier molecular flexibility index (Phi) is 7.13. The van der Waals surface area contributed by atoms with Crippen LogP contribution >= 0.6 is 11.6 Å². The van der Waals surface area contributed by atoms with Gasteiger partial charge in [-0.05, 0) is 50.6 Å². The minimum atomic E-state index is -0.370. The van der Waals surface area contributed by atoms with Crippen LogP contribution in [0.3, 0.4) is 0 Å². The lowest BCUT2D eigenvalue weighted by Gasteiger charge is -2.15. The maximum Gasteiger partial charge on any atom is 0.251 e. The summed E-state index contributed by atoms with van der Waals surface area (Å²) in [5.74, 6) is 0.252. The zero-order valence-corrected chi connectivity index (χ0v) is 20.6. The molecule has 0 saturated heterocycles. The van der Waals surface area contributed by atoms with Gasteiger partial charge in [0.2, 0.25) is 0 Å². The lowest BCUT2D eigenvalue weighted by atomic mass is 10.0. The molecule has 0 unspecified atom stereocenters. The topological polar surface area (TPSA) is 121 Å². The Balaban J connectivity index is 1.58. The van der Waals surface area contributed by atoms with Crippen LogP contribution in [0, 0.1) is 32.1 Å². The SMILES string of the molecule is Cc1cc(=O)c(CNC(=O)c2cc(Cl)c(Oc3cccc(-c4ccnnc4)c3C#N)cc2C)c(C)[nH]1. The molecule has 4 rings (SSSR count). The Morgan fingerprint density at radius 1 is 1.14 bits per heavy atom. The molecule has 0 saturated carbocycles. The molecule has 1 amide bonds. The molecule has 2 heterocycles. The first kappa shape index (κ1) is 24.6. The Bertz CT molecular complexity index is 1560. The number of rotatable bonds is 6. The van der Waals surface area contributed by atoms with Gasteiger partial charge in [-0.25, -0.2) is 0 Å². The fraction of sp³-hybridized carbons (Fsp3) is 0.148. The molecular formula is C27H22ClN5O3. The Morgan fingerprint density at radius 2 is 1.94 bits per heavy atom. The van der Waals surface area contributed by atoms with Crippen LogP contribution in [0.5, 0.6) is 11.5 Å². The van der Waals surface area contributed by atoms with Crippen molar-refractivity contribution in [1.82, 2.24) is 20.5 Å². The first-order valence-electron chi connectivity index (χ1n) is 11.0. The Hall–Kier alpha value is -4.48. The van der Waals surface area contributed by atoms with Crippen LogP contribution < -0.4 is 15.5 Å². The minimum Gasteiger partial charge on any atom is -0.454 e. The van der Waals surface area contributed by atoms with Crippen LogP contribution in [0.15, 0.2) is 59.7 Å². The zero-order valence-electron chi connectivity index (χ0n) is 19.8. The first-order valence-corrected chi connectivity index (χ1v) is 11.4. The predicted molar refractivity (Wildman–Crippen MR) is 136 cm³/mol. The smallest absolute Gasteiger partial charge is 0.251 e. The van der Waals surface area contributed by atoms with Gasteiger partial charge < -0.3 is 15.0 Å². The van der Waals surface area contributed by atoms with E-state index in [0.29, 0.717) is 45.0 Å². The van der Waals surface area contributed by atoms with Crippen molar-refractivity contribution in [1.29, 1.82) is 5.26 Å². The van der Waals surface area contributed by atoms with E-state index in [1.165, 1.54) is 12.1 Å². The second-order valence-electron chi connectivity index (χ2n) is 8.22. The molecule has 0 atom stereocenters. The van der Waals surface area contributed by atoms with E-state index in [2.05, 4.69) is 26.6 Å². The number of aryl methyl sites for hydroxylation is 3. The Morgan fingerprint density at radius 3 is 2.64 bits per heavy atom. The van der Waals surface area contributed by atoms with Crippen molar-refractivity contribution in [2.24, 2.45) is 0 Å². The van der Waals surface area contributed by atoms with Gasteiger partial charge in [-0.15, -0.1) is 0 Å². The largest absolute Gasteiger partial charge is 0.454 e. The molecule has 0 spiro atoms. The number of nitriles is 1. The first-order chi connectivity index (χ1) is 17.3. The number of hydrogen-bond acceptors (Lipinski definition) is 6. The number of carbonyl (C=O) groups excluding carboxylic acids is 1. The number of ether oxygens (including phenoxy) is 1. The second kappa shape index (κ2) is 10.4. The summed E-state index contributed by atoms with van der Waals surface area (Å²) in [6, 6.07) is 13.8. The molecule has 9 heteroatoms. The summed E-state index contributed by atoms with van der Waals surface area (Å²) in [5, 5.41) is 20.4. The molecule has 0 aliphatic heterocycles. The number of benzene rings is 2. The highest BCUT2D eigenvalue weighted by molar-refractivity contribution is 6.32. The van der Waals surface area contributed by atoms with Crippen molar-refractivity contribution < 1.29 is 9.53 Å². The van der Waals surface area contributed by atoms with Crippen molar-refractivity contribution in [3.63, 3.8) is 0 Å². The molecule has 36 heavy (non-hydrogen) atoms. The van der Waals surface area contributed by atoms with Crippen molar-refractivity contribution in [2.45, 2.75) is 27.3 Å². The highest BCUT2D eigenvalue weighted by Gasteiger charge is 2.17. The summed E-state index contributed by atoms with van der Waals surface area (Å²) in [7, 11) is 0. The highest BCUT2D eigenvalue weighted by atomic mass is 35.5. The molecular weight excluding hydrogens is 478 g/mol. The van der Waals surface area contributed by atoms with Gasteiger partial charge in [0.05, 0.1) is 17.4 Å². The second-order valence-corrected chi connectivity index (χ2v) is 8.63. The van der Waals surface area contributed by atoms with Crippen molar-refractivity contribution in [3.8, 4) is 28.7 Å². The number of pyridine rings is 1. The number of nitrogens with zero attached hydrogens (tertiary/aromatic N) is 3. The van der Waals surface area contributed by atoms with Crippen molar-refractivity contribution >= 4 is 17.5 Å². The number of hydrogen-bond donors (Lipinski definition) is 2. The number of H-pyrrole nitrogens is 1. The van der Waals surface area contributed by atoms with Crippen LogP contribution in [-0.4, -0.2) is 21.1 Å². The summed E-state index contributed by atoms with van der Waals surface area (Å²) in [5.41, 5.74) is 4.48. The third-order valence-corrected chi connectivity index (χ3v) is 5.98. The van der Waals surface area contributed by atoms with Gasteiger partial charge >= 0.3 is 0 Å². The van der Waals surface area contributed by atoms with Gasteiger partial charge in [-0.2, -0.15) is 15.5 Å². The summed E-state index contributed by atoms with van der Waals surface area (Å²) < 4.78 is 6.01. The number of amides is 1. The highest BCUT2D eigenvalue weighted by Crippen LogP contribution is 2.36. The fourth-order valence-electron chi connectivity index (χ4n) is 3.88. The quantitative estimate of drug-likeness (QED) is 0.385. The Labute approximate surface area is 212 Å². The van der Waals surface area contributed by atoms with Crippen molar-refractivity contribution in [3.05, 3.63) is 104 Å². The van der Waals surface area contributed by atoms with Gasteiger partial charge in [0.25, 0.3) is 5.91 Å². The van der Waals surface area contributed by atoms with Crippen molar-refractivity contribution in [2.75, 3.05) is 0 Å². The molecule has 0 fully saturated rings. The number of aromatic amines is 1. The molecule has 180 valence electrons. The van der Waals surface area contributed by atoms with E-state index in [1.807, 2.05) is 0 Å². The number of nitrogens with one attached hydrogen (secondary N) is 2. The number of aromatic nitrogens is 3. The average Bonchev–Trinajstić information content (AvgIpc) is 2.85. The summed E-state index contributed by atoms with van der Waals surface area (Å²) in [6.45, 7) is 5.43. The van der Waals surface area contributed by atoms with Gasteiger partial charge in [0.1, 0.15) is 23.1 Å². The van der Waals surface area contributed by atoms with Crippen LogP contribution in [0.2, 0.25) is 5.02 Å². The predicted octanol–water partition coefficient (Wildman–Crippen LogP) is 5.00. The maximum absolute atomic E-state index is 12.9. The summed E-state index contributed by atoms with van der Waals surface area (Å²) >= 11 is 6.47. The van der Waals surface area contributed by atoms with E-state index in [-0.39, 0.29) is 22.9 Å². The summed E-state index contributed by atoms with van der Waals surface area (Å²) in [4.78, 5) is 28.3. The molecule has 0 bridgehead atoms. The third-order valence-electron chi connectivity index (χ3n) is 5.68. The maximum atomic E-state index is 12.9. The molecule has 2 N–H and O–H groups in total. The van der Waals surface area contributed by atoms with E-state index < -0.39 is 0 Å². The molecule has 2 aromatic carbocycles. The lowest BCUT2D eigenvalue weighted by molar-refractivity contribution is 0.0950. The molecule has 0 aliphatic carbocycles. The zero-order chi connectivity index (χ0) is 25.8. The van der Waals surface area contributed by atoms with Crippen LogP contribution in [0.4, 0.5) is 0 Å². The molecule has 4 aromatic rings.